The van der Waals surface area contributed by atoms with E-state index < -0.39 is 17.4 Å². The second kappa shape index (κ2) is 9.90. The molecule has 1 aliphatic rings. The molecule has 0 saturated carbocycles. The highest BCUT2D eigenvalue weighted by atomic mass is 35.5. The fraction of sp³-hybridized carbons (Fsp3) is 0.360. The largest absolute Gasteiger partial charge is 0.490 e. The second-order valence-electron chi connectivity index (χ2n) is 8.85. The third-order valence-electron chi connectivity index (χ3n) is 6.23. The number of aromatic nitrogens is 1. The van der Waals surface area contributed by atoms with Crippen LogP contribution in [0.15, 0.2) is 24.3 Å². The Labute approximate surface area is 218 Å². The Morgan fingerprint density at radius 1 is 1.14 bits per heavy atom. The Hall–Kier alpha value is -2.45. The summed E-state index contributed by atoms with van der Waals surface area (Å²) in [5.74, 6) is -0.778. The molecule has 0 fully saturated rings. The first kappa shape index (κ1) is 25.6. The van der Waals surface area contributed by atoms with Crippen molar-refractivity contribution < 1.29 is 19.4 Å². The molecule has 0 bridgehead atoms. The number of aliphatic hydroxyl groups is 1. The minimum absolute atomic E-state index is 0.0189. The zero-order chi connectivity index (χ0) is 25.5. The predicted molar refractivity (Wildman–Crippen MR) is 138 cm³/mol. The van der Waals surface area contributed by atoms with Gasteiger partial charge in [-0.1, -0.05) is 34.8 Å². The number of aliphatic hydroxyl groups excluding tert-OH is 1. The lowest BCUT2D eigenvalue weighted by atomic mass is 9.78. The van der Waals surface area contributed by atoms with Gasteiger partial charge >= 0.3 is 0 Å². The summed E-state index contributed by atoms with van der Waals surface area (Å²) < 4.78 is 5.85. The van der Waals surface area contributed by atoms with Gasteiger partial charge in [-0.2, -0.15) is 0 Å². The second-order valence-corrected chi connectivity index (χ2v) is 10.0. The van der Waals surface area contributed by atoms with Crippen molar-refractivity contribution in [3.63, 3.8) is 0 Å². The number of carbonyl (C=O) groups excluding carboxylic acids is 2. The molecule has 4 rings (SSSR count). The third kappa shape index (κ3) is 4.47. The zero-order valence-electron chi connectivity index (χ0n) is 19.5. The van der Waals surface area contributed by atoms with E-state index in [0.717, 1.165) is 5.69 Å². The Bertz CT molecular complexity index is 1320. The number of amides is 2. The van der Waals surface area contributed by atoms with E-state index >= 15 is 0 Å². The van der Waals surface area contributed by atoms with Crippen molar-refractivity contribution in [1.29, 1.82) is 0 Å². The molecule has 1 aliphatic carbocycles. The van der Waals surface area contributed by atoms with Crippen LogP contribution in [0.5, 0.6) is 5.75 Å². The summed E-state index contributed by atoms with van der Waals surface area (Å²) in [5, 5.41) is 17.8. The lowest BCUT2D eigenvalue weighted by Gasteiger charge is -2.37. The summed E-state index contributed by atoms with van der Waals surface area (Å²) in [5.41, 5.74) is 1.21. The van der Waals surface area contributed by atoms with Crippen molar-refractivity contribution in [2.45, 2.75) is 44.8 Å². The molecule has 0 aliphatic heterocycles. The monoisotopic (exact) mass is 537 g/mol. The molecule has 1 heterocycles. The van der Waals surface area contributed by atoms with E-state index in [1.54, 1.807) is 18.2 Å². The highest BCUT2D eigenvalue weighted by Crippen LogP contribution is 2.45. The fourth-order valence-electron chi connectivity index (χ4n) is 4.72. The molecule has 10 heteroatoms. The molecule has 2 amide bonds. The summed E-state index contributed by atoms with van der Waals surface area (Å²) >= 11 is 19.6. The topological polar surface area (TPSA) is 103 Å². The van der Waals surface area contributed by atoms with E-state index in [2.05, 4.69) is 15.6 Å². The van der Waals surface area contributed by atoms with E-state index in [1.165, 1.54) is 13.1 Å². The van der Waals surface area contributed by atoms with Crippen molar-refractivity contribution in [2.75, 3.05) is 13.7 Å². The average molecular weight is 539 g/mol. The van der Waals surface area contributed by atoms with E-state index in [4.69, 9.17) is 39.5 Å². The number of halogens is 3. The minimum atomic E-state index is -1.15. The normalized spacial score (nSPS) is 17.4. The van der Waals surface area contributed by atoms with Crippen molar-refractivity contribution >= 4 is 57.5 Å². The van der Waals surface area contributed by atoms with Crippen LogP contribution >= 0.6 is 34.8 Å². The summed E-state index contributed by atoms with van der Waals surface area (Å²) in [6, 6.07) is 6.45. The van der Waals surface area contributed by atoms with Gasteiger partial charge < -0.3 is 25.5 Å². The molecule has 1 aromatic heterocycles. The van der Waals surface area contributed by atoms with E-state index in [9.17, 15) is 14.7 Å². The first-order valence-electron chi connectivity index (χ1n) is 11.3. The van der Waals surface area contributed by atoms with Crippen LogP contribution in [0.1, 0.15) is 58.7 Å². The molecule has 7 nitrogen and oxygen atoms in total. The lowest BCUT2D eigenvalue weighted by Crippen LogP contribution is -2.50. The number of hydrogen-bond donors (Lipinski definition) is 4. The van der Waals surface area contributed by atoms with Crippen molar-refractivity contribution in [3.8, 4) is 5.75 Å². The van der Waals surface area contributed by atoms with Gasteiger partial charge in [0.1, 0.15) is 11.3 Å². The number of ether oxygens (including phenoxy) is 1. The van der Waals surface area contributed by atoms with Crippen LogP contribution in [-0.4, -0.2) is 41.7 Å². The average Bonchev–Trinajstić information content (AvgIpc) is 3.23. The lowest BCUT2D eigenvalue weighted by molar-refractivity contribution is 0.0795. The van der Waals surface area contributed by atoms with Crippen LogP contribution < -0.4 is 15.4 Å². The number of benzene rings is 2. The fourth-order valence-corrected chi connectivity index (χ4v) is 5.51. The molecule has 35 heavy (non-hydrogen) atoms. The Balaban J connectivity index is 1.87. The van der Waals surface area contributed by atoms with Crippen LogP contribution in [0, 0.1) is 0 Å². The molecule has 0 radical (unpaired) electrons. The van der Waals surface area contributed by atoms with Crippen LogP contribution in [-0.2, 0) is 12.0 Å². The van der Waals surface area contributed by atoms with Gasteiger partial charge in [0.2, 0.25) is 0 Å². The predicted octanol–water partition coefficient (Wildman–Crippen LogP) is 5.23. The standard InChI is InChI=1S/C25H26Cl3N3O4/c1-12(2)35-17-9-6-13(23(33)29-3)21(28)19(17)24(34)31-25(11-32)10-4-5-16-20(25)18-14(26)7-8-15(27)22(18)30-16/h6-9,12,30,32H,4-5,10-11H2,1-3H3,(H,29,33)(H,31,34). The summed E-state index contributed by atoms with van der Waals surface area (Å²) in [4.78, 5) is 29.5. The van der Waals surface area contributed by atoms with E-state index in [-0.39, 0.29) is 34.6 Å². The zero-order valence-corrected chi connectivity index (χ0v) is 21.8. The molecule has 1 unspecified atom stereocenters. The number of fused-ring (bicyclic) bond motifs is 3. The first-order valence-corrected chi connectivity index (χ1v) is 12.4. The molecule has 186 valence electrons. The number of nitrogens with one attached hydrogen (secondary N) is 3. The third-order valence-corrected chi connectivity index (χ3v) is 7.25. The smallest absolute Gasteiger partial charge is 0.257 e. The maximum absolute atomic E-state index is 13.8. The molecule has 0 spiro atoms. The van der Waals surface area contributed by atoms with Gasteiger partial charge in [0.25, 0.3) is 11.8 Å². The number of aryl methyl sites for hydroxylation is 1. The SMILES string of the molecule is CNC(=O)c1ccc(OC(C)C)c(C(=O)NC2(CO)CCCc3[nH]c4c(Cl)ccc(Cl)c4c32)c1Cl. The molecular formula is C25H26Cl3N3O4. The molecular weight excluding hydrogens is 513 g/mol. The summed E-state index contributed by atoms with van der Waals surface area (Å²) in [7, 11) is 1.48. The number of rotatable bonds is 6. The van der Waals surface area contributed by atoms with Crippen molar-refractivity contribution in [1.82, 2.24) is 15.6 Å². The van der Waals surface area contributed by atoms with Crippen molar-refractivity contribution in [2.24, 2.45) is 0 Å². The quantitative estimate of drug-likeness (QED) is 0.345. The van der Waals surface area contributed by atoms with Gasteiger partial charge in [-0.25, -0.2) is 0 Å². The van der Waals surface area contributed by atoms with E-state index in [1.807, 2.05) is 13.8 Å². The Morgan fingerprint density at radius 3 is 2.51 bits per heavy atom. The van der Waals surface area contributed by atoms with Crippen LogP contribution in [0.3, 0.4) is 0 Å². The Kier molecular flexibility index (Phi) is 7.25. The van der Waals surface area contributed by atoms with Gasteiger partial charge in [0.15, 0.2) is 0 Å². The maximum Gasteiger partial charge on any atom is 0.257 e. The van der Waals surface area contributed by atoms with E-state index in [0.29, 0.717) is 45.8 Å². The Morgan fingerprint density at radius 2 is 1.86 bits per heavy atom. The maximum atomic E-state index is 13.8. The molecule has 2 aromatic carbocycles. The minimum Gasteiger partial charge on any atom is -0.490 e. The molecule has 0 saturated heterocycles. The van der Waals surface area contributed by atoms with Crippen LogP contribution in [0.4, 0.5) is 0 Å². The van der Waals surface area contributed by atoms with Gasteiger partial charge in [0.05, 0.1) is 44.4 Å². The van der Waals surface area contributed by atoms with Crippen molar-refractivity contribution in [3.05, 3.63) is 61.7 Å². The first-order chi connectivity index (χ1) is 16.6. The van der Waals surface area contributed by atoms with Gasteiger partial charge in [0, 0.05) is 23.7 Å². The molecule has 1 atom stereocenters. The molecule has 3 aromatic rings. The highest BCUT2D eigenvalue weighted by Gasteiger charge is 2.42. The van der Waals surface area contributed by atoms with Crippen LogP contribution in [0.25, 0.3) is 10.9 Å². The number of aromatic amines is 1. The number of H-pyrrole nitrogens is 1. The van der Waals surface area contributed by atoms with Gasteiger partial charge in [-0.05, 0) is 57.4 Å². The summed E-state index contributed by atoms with van der Waals surface area (Å²) in [6.07, 6.45) is 1.64. The van der Waals surface area contributed by atoms with Gasteiger partial charge in [-0.15, -0.1) is 0 Å². The van der Waals surface area contributed by atoms with Gasteiger partial charge in [-0.3, -0.25) is 9.59 Å². The summed E-state index contributed by atoms with van der Waals surface area (Å²) in [6.45, 7) is 3.26. The number of hydrogen-bond acceptors (Lipinski definition) is 4. The number of carbonyl (C=O) groups is 2. The highest BCUT2D eigenvalue weighted by molar-refractivity contribution is 6.40. The van der Waals surface area contributed by atoms with Crippen LogP contribution in [0.2, 0.25) is 15.1 Å². The molecule has 4 N–H and O–H groups in total.